The lowest BCUT2D eigenvalue weighted by atomic mass is 10.4. The number of nitrogens with one attached hydrogen (secondary N) is 1. The summed E-state index contributed by atoms with van der Waals surface area (Å²) in [5.41, 5.74) is 0. The molecule has 0 bridgehead atoms. The molecule has 0 aromatic heterocycles. The van der Waals surface area contributed by atoms with Gasteiger partial charge in [-0.3, -0.25) is 4.79 Å². The SMILES string of the molecule is O=C(/C=C/Sc1ccccc1)NCCSc1ccccc1. The molecule has 2 aromatic rings. The molecular weight excluding hydrogens is 298 g/mol. The first kappa shape index (κ1) is 15.7. The summed E-state index contributed by atoms with van der Waals surface area (Å²) in [4.78, 5) is 14.0. The van der Waals surface area contributed by atoms with Gasteiger partial charge in [0.2, 0.25) is 5.91 Å². The second kappa shape index (κ2) is 9.32. The standard InChI is InChI=1S/C17H17NOS2/c19-17(11-13-20-15-7-3-1-4-8-15)18-12-14-21-16-9-5-2-6-10-16/h1-11,13H,12,14H2,(H,18,19)/b13-11+. The smallest absolute Gasteiger partial charge is 0.244 e. The number of hydrogen-bond donors (Lipinski definition) is 1. The Kier molecular flexibility index (Phi) is 6.98. The zero-order valence-corrected chi connectivity index (χ0v) is 13.2. The summed E-state index contributed by atoms with van der Waals surface area (Å²) in [5, 5.41) is 4.69. The van der Waals surface area contributed by atoms with Gasteiger partial charge in [0.05, 0.1) is 0 Å². The summed E-state index contributed by atoms with van der Waals surface area (Å²) in [6, 6.07) is 20.2. The molecule has 2 nitrogen and oxygen atoms in total. The molecule has 0 atom stereocenters. The van der Waals surface area contributed by atoms with Crippen LogP contribution in [0.2, 0.25) is 0 Å². The zero-order valence-electron chi connectivity index (χ0n) is 11.6. The highest BCUT2D eigenvalue weighted by atomic mass is 32.2. The van der Waals surface area contributed by atoms with Crippen LogP contribution < -0.4 is 5.32 Å². The minimum Gasteiger partial charge on any atom is -0.352 e. The third kappa shape index (κ3) is 6.56. The van der Waals surface area contributed by atoms with Crippen molar-refractivity contribution in [3.8, 4) is 0 Å². The normalized spacial score (nSPS) is 10.7. The van der Waals surface area contributed by atoms with Crippen LogP contribution in [-0.2, 0) is 4.79 Å². The molecular formula is C17H17NOS2. The van der Waals surface area contributed by atoms with Crippen molar-refractivity contribution < 1.29 is 4.79 Å². The lowest BCUT2D eigenvalue weighted by molar-refractivity contribution is -0.116. The number of amides is 1. The summed E-state index contributed by atoms with van der Waals surface area (Å²) < 4.78 is 0. The lowest BCUT2D eigenvalue weighted by Crippen LogP contribution is -2.23. The van der Waals surface area contributed by atoms with E-state index in [1.165, 1.54) is 16.7 Å². The molecule has 0 saturated heterocycles. The molecule has 4 heteroatoms. The maximum atomic E-state index is 11.6. The van der Waals surface area contributed by atoms with Crippen molar-refractivity contribution >= 4 is 29.4 Å². The lowest BCUT2D eigenvalue weighted by Gasteiger charge is -2.02. The minimum atomic E-state index is -0.0490. The van der Waals surface area contributed by atoms with Crippen molar-refractivity contribution in [1.29, 1.82) is 0 Å². The van der Waals surface area contributed by atoms with Gasteiger partial charge in [-0.25, -0.2) is 0 Å². The quantitative estimate of drug-likeness (QED) is 0.472. The van der Waals surface area contributed by atoms with Crippen LogP contribution in [0.15, 0.2) is 81.9 Å². The highest BCUT2D eigenvalue weighted by Crippen LogP contribution is 2.18. The number of carbonyl (C=O) groups excluding carboxylic acids is 1. The fraction of sp³-hybridized carbons (Fsp3) is 0.118. The summed E-state index contributed by atoms with van der Waals surface area (Å²) in [7, 11) is 0. The predicted octanol–water partition coefficient (Wildman–Crippen LogP) is 4.20. The van der Waals surface area contributed by atoms with Crippen LogP contribution in [-0.4, -0.2) is 18.2 Å². The number of hydrogen-bond acceptors (Lipinski definition) is 3. The van der Waals surface area contributed by atoms with E-state index >= 15 is 0 Å². The van der Waals surface area contributed by atoms with E-state index in [1.54, 1.807) is 17.8 Å². The van der Waals surface area contributed by atoms with Gasteiger partial charge in [-0.15, -0.1) is 11.8 Å². The van der Waals surface area contributed by atoms with Crippen LogP contribution in [0.1, 0.15) is 0 Å². The van der Waals surface area contributed by atoms with E-state index in [0.717, 1.165) is 10.6 Å². The maximum Gasteiger partial charge on any atom is 0.244 e. The molecule has 0 fully saturated rings. The Morgan fingerprint density at radius 1 is 0.952 bits per heavy atom. The second-order valence-corrected chi connectivity index (χ2v) is 6.33. The van der Waals surface area contributed by atoms with E-state index in [9.17, 15) is 4.79 Å². The fourth-order valence-corrected chi connectivity index (χ4v) is 3.04. The Hall–Kier alpha value is -1.65. The number of thioether (sulfide) groups is 2. The average molecular weight is 315 g/mol. The van der Waals surface area contributed by atoms with Crippen LogP contribution >= 0.6 is 23.5 Å². The predicted molar refractivity (Wildman–Crippen MR) is 91.6 cm³/mol. The van der Waals surface area contributed by atoms with Crippen LogP contribution in [0.3, 0.4) is 0 Å². The molecule has 0 saturated carbocycles. The maximum absolute atomic E-state index is 11.6. The van der Waals surface area contributed by atoms with Gasteiger partial charge in [-0.1, -0.05) is 48.2 Å². The van der Waals surface area contributed by atoms with Crippen molar-refractivity contribution in [3.05, 3.63) is 72.1 Å². The van der Waals surface area contributed by atoms with E-state index in [1.807, 2.05) is 53.9 Å². The van der Waals surface area contributed by atoms with Gasteiger partial charge in [0.1, 0.15) is 0 Å². The molecule has 1 N–H and O–H groups in total. The summed E-state index contributed by atoms with van der Waals surface area (Å²) in [5.74, 6) is 0.821. The van der Waals surface area contributed by atoms with Crippen LogP contribution in [0.4, 0.5) is 0 Å². The highest BCUT2D eigenvalue weighted by Gasteiger charge is 1.96. The molecule has 0 radical (unpaired) electrons. The summed E-state index contributed by atoms with van der Waals surface area (Å²) in [6.45, 7) is 0.665. The highest BCUT2D eigenvalue weighted by molar-refractivity contribution is 8.02. The topological polar surface area (TPSA) is 29.1 Å². The molecule has 0 spiro atoms. The minimum absolute atomic E-state index is 0.0490. The van der Waals surface area contributed by atoms with Crippen LogP contribution in [0, 0.1) is 0 Å². The third-order valence-electron chi connectivity index (χ3n) is 2.58. The van der Waals surface area contributed by atoms with Crippen molar-refractivity contribution in [2.24, 2.45) is 0 Å². The molecule has 0 aliphatic carbocycles. The summed E-state index contributed by atoms with van der Waals surface area (Å²) >= 11 is 3.28. The first-order valence-electron chi connectivity index (χ1n) is 6.68. The van der Waals surface area contributed by atoms with Crippen molar-refractivity contribution in [2.75, 3.05) is 12.3 Å². The van der Waals surface area contributed by atoms with Crippen molar-refractivity contribution in [2.45, 2.75) is 9.79 Å². The van der Waals surface area contributed by atoms with Gasteiger partial charge in [0.25, 0.3) is 0 Å². The molecule has 0 heterocycles. The monoisotopic (exact) mass is 315 g/mol. The number of carbonyl (C=O) groups is 1. The number of rotatable bonds is 7. The molecule has 0 aliphatic heterocycles. The first-order valence-corrected chi connectivity index (χ1v) is 8.55. The van der Waals surface area contributed by atoms with Gasteiger partial charge in [0, 0.05) is 28.2 Å². The van der Waals surface area contributed by atoms with E-state index in [-0.39, 0.29) is 5.91 Å². The Bertz CT molecular complexity index is 570. The Morgan fingerprint density at radius 2 is 1.57 bits per heavy atom. The summed E-state index contributed by atoms with van der Waals surface area (Å²) in [6.07, 6.45) is 1.57. The largest absolute Gasteiger partial charge is 0.352 e. The van der Waals surface area contributed by atoms with Crippen LogP contribution in [0.25, 0.3) is 0 Å². The van der Waals surface area contributed by atoms with Gasteiger partial charge < -0.3 is 5.32 Å². The average Bonchev–Trinajstić information content (AvgIpc) is 2.54. The molecule has 0 unspecified atom stereocenters. The van der Waals surface area contributed by atoms with Gasteiger partial charge in [0.15, 0.2) is 0 Å². The van der Waals surface area contributed by atoms with E-state index in [2.05, 4.69) is 17.4 Å². The van der Waals surface area contributed by atoms with E-state index < -0.39 is 0 Å². The Balaban J connectivity index is 1.61. The van der Waals surface area contributed by atoms with Crippen molar-refractivity contribution in [3.63, 3.8) is 0 Å². The van der Waals surface area contributed by atoms with Gasteiger partial charge in [-0.05, 0) is 29.7 Å². The van der Waals surface area contributed by atoms with Crippen molar-refractivity contribution in [1.82, 2.24) is 5.32 Å². The van der Waals surface area contributed by atoms with Gasteiger partial charge in [-0.2, -0.15) is 0 Å². The Morgan fingerprint density at radius 3 is 2.24 bits per heavy atom. The first-order chi connectivity index (χ1) is 10.3. The van der Waals surface area contributed by atoms with E-state index in [0.29, 0.717) is 6.54 Å². The molecule has 1 amide bonds. The molecule has 108 valence electrons. The Labute approximate surface area is 134 Å². The molecule has 21 heavy (non-hydrogen) atoms. The van der Waals surface area contributed by atoms with Gasteiger partial charge >= 0.3 is 0 Å². The zero-order chi connectivity index (χ0) is 14.8. The third-order valence-corrected chi connectivity index (χ3v) is 4.41. The molecule has 2 rings (SSSR count). The van der Waals surface area contributed by atoms with E-state index in [4.69, 9.17) is 0 Å². The second-order valence-electron chi connectivity index (χ2n) is 4.19. The number of benzene rings is 2. The molecule has 0 aliphatic rings. The molecule has 2 aromatic carbocycles. The fourth-order valence-electron chi connectivity index (χ4n) is 1.59. The van der Waals surface area contributed by atoms with Crippen LogP contribution in [0.5, 0.6) is 0 Å².